The predicted molar refractivity (Wildman–Crippen MR) is 147 cm³/mol. The smallest absolute Gasteiger partial charge is 0.308 e. The summed E-state index contributed by atoms with van der Waals surface area (Å²) in [6.07, 6.45) is 30.3. The van der Waals surface area contributed by atoms with E-state index < -0.39 is 0 Å². The second kappa shape index (κ2) is 26.1. The van der Waals surface area contributed by atoms with Gasteiger partial charge in [-0.1, -0.05) is 156 Å². The van der Waals surface area contributed by atoms with E-state index in [1.165, 1.54) is 135 Å². The van der Waals surface area contributed by atoms with Gasteiger partial charge in [0.15, 0.2) is 0 Å². The van der Waals surface area contributed by atoms with Crippen molar-refractivity contribution in [3.63, 3.8) is 0 Å². The number of carbonyl (C=O) groups excluding carboxylic acids is 1. The number of unbranched alkanes of at least 4 members (excludes halogenated alkanes) is 17. The van der Waals surface area contributed by atoms with Crippen LogP contribution in [0.2, 0.25) is 0 Å². The molecule has 2 heteroatoms. The Morgan fingerprint density at radius 1 is 0.515 bits per heavy atom. The van der Waals surface area contributed by atoms with Crippen molar-refractivity contribution < 1.29 is 9.53 Å². The number of hydrogen-bond acceptors (Lipinski definition) is 2. The van der Waals surface area contributed by atoms with Crippen LogP contribution in [0.15, 0.2) is 0 Å². The molecular formula is C31H62O2. The molecule has 0 heterocycles. The molecule has 2 nitrogen and oxygen atoms in total. The van der Waals surface area contributed by atoms with E-state index in [4.69, 9.17) is 4.74 Å². The fraction of sp³-hybridized carbons (Fsp3) is 0.968. The van der Waals surface area contributed by atoms with Crippen LogP contribution in [0.4, 0.5) is 0 Å². The summed E-state index contributed by atoms with van der Waals surface area (Å²) < 4.78 is 5.83. The average molecular weight is 467 g/mol. The zero-order chi connectivity index (χ0) is 24.4. The average Bonchev–Trinajstić information content (AvgIpc) is 2.82. The van der Waals surface area contributed by atoms with Gasteiger partial charge in [0.1, 0.15) is 0 Å². The molecule has 0 rings (SSSR count). The molecule has 0 aromatic rings. The van der Waals surface area contributed by atoms with Crippen LogP contribution in [0, 0.1) is 11.8 Å². The third-order valence-corrected chi connectivity index (χ3v) is 7.29. The van der Waals surface area contributed by atoms with Crippen LogP contribution in [0.25, 0.3) is 0 Å². The molecule has 0 fully saturated rings. The van der Waals surface area contributed by atoms with Crippen molar-refractivity contribution in [1.29, 1.82) is 0 Å². The molecule has 0 spiro atoms. The Kier molecular flexibility index (Phi) is 25.7. The second-order valence-corrected chi connectivity index (χ2v) is 10.8. The minimum Gasteiger partial charge on any atom is -0.465 e. The molecular weight excluding hydrogens is 404 g/mol. The lowest BCUT2D eigenvalue weighted by atomic mass is 9.94. The molecule has 0 aliphatic carbocycles. The van der Waals surface area contributed by atoms with Crippen LogP contribution in [-0.2, 0) is 9.53 Å². The van der Waals surface area contributed by atoms with Gasteiger partial charge in [-0.15, -0.1) is 0 Å². The summed E-state index contributed by atoms with van der Waals surface area (Å²) in [7, 11) is 0. The van der Waals surface area contributed by atoms with Crippen LogP contribution in [0.5, 0.6) is 0 Å². The van der Waals surface area contributed by atoms with Gasteiger partial charge in [-0.05, 0) is 25.2 Å². The molecule has 0 radical (unpaired) electrons. The highest BCUT2D eigenvalue weighted by Gasteiger charge is 2.17. The third kappa shape index (κ3) is 23.0. The standard InChI is InChI=1S/C31H62O2/c1-5-8-11-14-15-16-17-18-21-24-27-30(26-23-20-13-10-7-3)28-33-31(32)29(4)25-22-19-12-9-6-2/h29-30H,5-28H2,1-4H3. The normalized spacial score (nSPS) is 13.2. The molecule has 0 aromatic carbocycles. The van der Waals surface area contributed by atoms with E-state index >= 15 is 0 Å². The monoisotopic (exact) mass is 466 g/mol. The van der Waals surface area contributed by atoms with E-state index in [1.807, 2.05) is 0 Å². The van der Waals surface area contributed by atoms with E-state index in [2.05, 4.69) is 27.7 Å². The van der Waals surface area contributed by atoms with Crippen LogP contribution >= 0.6 is 0 Å². The Morgan fingerprint density at radius 3 is 1.24 bits per heavy atom. The highest BCUT2D eigenvalue weighted by atomic mass is 16.5. The van der Waals surface area contributed by atoms with Gasteiger partial charge in [0.2, 0.25) is 0 Å². The first-order valence-corrected chi connectivity index (χ1v) is 15.3. The Labute approximate surface area is 209 Å². The molecule has 33 heavy (non-hydrogen) atoms. The van der Waals surface area contributed by atoms with Gasteiger partial charge < -0.3 is 4.74 Å². The first-order valence-electron chi connectivity index (χ1n) is 15.3. The molecule has 198 valence electrons. The van der Waals surface area contributed by atoms with Gasteiger partial charge in [-0.25, -0.2) is 0 Å². The van der Waals surface area contributed by atoms with Gasteiger partial charge in [-0.2, -0.15) is 0 Å². The van der Waals surface area contributed by atoms with Gasteiger partial charge in [0.05, 0.1) is 12.5 Å². The third-order valence-electron chi connectivity index (χ3n) is 7.29. The van der Waals surface area contributed by atoms with Crippen molar-refractivity contribution in [2.24, 2.45) is 11.8 Å². The Balaban J connectivity index is 4.07. The lowest BCUT2D eigenvalue weighted by Gasteiger charge is -2.19. The number of hydrogen-bond donors (Lipinski definition) is 0. The van der Waals surface area contributed by atoms with Gasteiger partial charge in [0, 0.05) is 0 Å². The van der Waals surface area contributed by atoms with Crippen LogP contribution in [0.3, 0.4) is 0 Å². The van der Waals surface area contributed by atoms with Crippen LogP contribution < -0.4 is 0 Å². The van der Waals surface area contributed by atoms with E-state index in [1.54, 1.807) is 0 Å². The van der Waals surface area contributed by atoms with Gasteiger partial charge >= 0.3 is 5.97 Å². The second-order valence-electron chi connectivity index (χ2n) is 10.8. The maximum absolute atomic E-state index is 12.5. The molecule has 2 atom stereocenters. The molecule has 0 aliphatic rings. The number of esters is 1. The molecule has 0 bridgehead atoms. The summed E-state index contributed by atoms with van der Waals surface area (Å²) in [6.45, 7) is 9.53. The summed E-state index contributed by atoms with van der Waals surface area (Å²) in [5, 5.41) is 0. The maximum atomic E-state index is 12.5. The van der Waals surface area contributed by atoms with Crippen molar-refractivity contribution in [3.8, 4) is 0 Å². The largest absolute Gasteiger partial charge is 0.465 e. The summed E-state index contributed by atoms with van der Waals surface area (Å²) >= 11 is 0. The van der Waals surface area contributed by atoms with Crippen LogP contribution in [-0.4, -0.2) is 12.6 Å². The summed E-state index contributed by atoms with van der Waals surface area (Å²) in [5.41, 5.74) is 0. The van der Waals surface area contributed by atoms with Crippen molar-refractivity contribution in [2.75, 3.05) is 6.61 Å². The predicted octanol–water partition coefficient (Wildman–Crippen LogP) is 10.8. The summed E-state index contributed by atoms with van der Waals surface area (Å²) in [6, 6.07) is 0. The van der Waals surface area contributed by atoms with Crippen molar-refractivity contribution in [2.45, 2.75) is 175 Å². The molecule has 0 saturated carbocycles. The first kappa shape index (κ1) is 32.5. The number of carbonyl (C=O) groups is 1. The maximum Gasteiger partial charge on any atom is 0.308 e. The summed E-state index contributed by atoms with van der Waals surface area (Å²) in [4.78, 5) is 12.5. The van der Waals surface area contributed by atoms with E-state index in [9.17, 15) is 4.79 Å². The molecule has 0 aromatic heterocycles. The molecule has 0 N–H and O–H groups in total. The molecule has 0 saturated heterocycles. The Morgan fingerprint density at radius 2 is 0.848 bits per heavy atom. The zero-order valence-electron chi connectivity index (χ0n) is 23.4. The quantitative estimate of drug-likeness (QED) is 0.0935. The minimum atomic E-state index is 0.0459. The highest BCUT2D eigenvalue weighted by Crippen LogP contribution is 2.21. The van der Waals surface area contributed by atoms with Gasteiger partial charge in [0.25, 0.3) is 0 Å². The fourth-order valence-electron chi connectivity index (χ4n) is 4.78. The summed E-state index contributed by atoms with van der Waals surface area (Å²) in [5.74, 6) is 0.681. The molecule has 2 unspecified atom stereocenters. The van der Waals surface area contributed by atoms with E-state index in [0.29, 0.717) is 12.5 Å². The Bertz CT molecular complexity index is 392. The number of rotatable bonds is 26. The Hall–Kier alpha value is -0.530. The topological polar surface area (TPSA) is 26.3 Å². The van der Waals surface area contributed by atoms with Crippen molar-refractivity contribution >= 4 is 5.97 Å². The van der Waals surface area contributed by atoms with E-state index in [-0.39, 0.29) is 11.9 Å². The lowest BCUT2D eigenvalue weighted by Crippen LogP contribution is -2.20. The van der Waals surface area contributed by atoms with Crippen LogP contribution in [0.1, 0.15) is 175 Å². The zero-order valence-corrected chi connectivity index (χ0v) is 23.4. The minimum absolute atomic E-state index is 0.0459. The van der Waals surface area contributed by atoms with Gasteiger partial charge in [-0.3, -0.25) is 4.79 Å². The number of ether oxygens (including phenoxy) is 1. The molecule has 0 amide bonds. The van der Waals surface area contributed by atoms with Crippen molar-refractivity contribution in [3.05, 3.63) is 0 Å². The SMILES string of the molecule is CCCCCCCCCCCCC(CCCCCCC)COC(=O)C(C)CCCCCCC. The fourth-order valence-corrected chi connectivity index (χ4v) is 4.78. The highest BCUT2D eigenvalue weighted by molar-refractivity contribution is 5.71. The first-order chi connectivity index (χ1) is 16.2. The van der Waals surface area contributed by atoms with Crippen molar-refractivity contribution in [1.82, 2.24) is 0 Å². The van der Waals surface area contributed by atoms with E-state index in [0.717, 1.165) is 12.8 Å². The lowest BCUT2D eigenvalue weighted by molar-refractivity contribution is -0.149. The molecule has 0 aliphatic heterocycles.